The van der Waals surface area contributed by atoms with E-state index in [4.69, 9.17) is 26.3 Å². The lowest BCUT2D eigenvalue weighted by atomic mass is 9.79. The maximum absolute atomic E-state index is 11.4. The molecule has 2 aliphatic heterocycles. The number of nitrogens with zero attached hydrogens (tertiary/aromatic N) is 2. The van der Waals surface area contributed by atoms with Gasteiger partial charge in [-0.25, -0.2) is 4.79 Å². The molecule has 0 bridgehead atoms. The fraction of sp³-hybridized carbons (Fsp3) is 0.600. The van der Waals surface area contributed by atoms with Crippen molar-refractivity contribution in [2.45, 2.75) is 51.4 Å². The fourth-order valence-electron chi connectivity index (χ4n) is 4.59. The maximum Gasteiger partial charge on any atom is 0.336 e. The molecule has 1 unspecified atom stereocenters. The number of hydrogen-bond acceptors (Lipinski definition) is 5. The van der Waals surface area contributed by atoms with Gasteiger partial charge in [0.15, 0.2) is 11.5 Å². The molecule has 3 aliphatic rings. The Bertz CT molecular complexity index is 822. The van der Waals surface area contributed by atoms with Crippen molar-refractivity contribution in [1.29, 1.82) is 5.26 Å². The number of hydrogen-bond donors (Lipinski definition) is 1. The van der Waals surface area contributed by atoms with Gasteiger partial charge in [0.25, 0.3) is 5.79 Å². The van der Waals surface area contributed by atoms with Gasteiger partial charge in [0.1, 0.15) is 0 Å². The van der Waals surface area contributed by atoms with Gasteiger partial charge < -0.3 is 14.6 Å². The van der Waals surface area contributed by atoms with Gasteiger partial charge in [0, 0.05) is 37.5 Å². The van der Waals surface area contributed by atoms with Gasteiger partial charge >= 0.3 is 5.97 Å². The van der Waals surface area contributed by atoms with Crippen LogP contribution in [0.1, 0.15) is 48.5 Å². The monoisotopic (exact) mass is 390 g/mol. The molecule has 1 N–H and O–H groups in total. The maximum atomic E-state index is 11.4. The molecule has 1 saturated heterocycles. The molecule has 0 amide bonds. The van der Waals surface area contributed by atoms with Crippen LogP contribution in [0.15, 0.2) is 6.07 Å². The Labute approximate surface area is 163 Å². The van der Waals surface area contributed by atoms with Crippen molar-refractivity contribution < 1.29 is 19.4 Å². The van der Waals surface area contributed by atoms with Crippen molar-refractivity contribution in [2.75, 3.05) is 13.1 Å². The molecule has 1 aromatic rings. The first kappa shape index (κ1) is 18.4. The summed E-state index contributed by atoms with van der Waals surface area (Å²) in [5, 5.41) is 18.6. The molecule has 1 saturated carbocycles. The molecule has 1 aromatic carbocycles. The summed E-state index contributed by atoms with van der Waals surface area (Å²) in [6.07, 6.45) is 4.03. The van der Waals surface area contributed by atoms with Crippen molar-refractivity contribution >= 4 is 17.6 Å². The summed E-state index contributed by atoms with van der Waals surface area (Å²) in [5.41, 5.74) is 0.683. The van der Waals surface area contributed by atoms with Crippen LogP contribution in [-0.4, -0.2) is 40.9 Å². The number of aromatic carboxylic acids is 1. The molecular formula is C20H23ClN2O4. The summed E-state index contributed by atoms with van der Waals surface area (Å²) in [5.74, 6) is -0.571. The lowest BCUT2D eigenvalue weighted by Gasteiger charge is -2.45. The zero-order chi connectivity index (χ0) is 19.3. The van der Waals surface area contributed by atoms with E-state index in [-0.39, 0.29) is 22.4 Å². The molecular weight excluding hydrogens is 368 g/mol. The molecule has 4 rings (SSSR count). The van der Waals surface area contributed by atoms with Gasteiger partial charge in [-0.1, -0.05) is 11.6 Å². The smallest absolute Gasteiger partial charge is 0.336 e. The Kier molecular flexibility index (Phi) is 4.48. The molecule has 7 heteroatoms. The first-order valence-electron chi connectivity index (χ1n) is 9.40. The second kappa shape index (κ2) is 6.57. The molecule has 27 heavy (non-hydrogen) atoms. The Balaban J connectivity index is 1.46. The normalized spacial score (nSPS) is 30.6. The largest absolute Gasteiger partial charge is 0.478 e. The predicted molar refractivity (Wildman–Crippen MR) is 99.2 cm³/mol. The van der Waals surface area contributed by atoms with E-state index in [0.717, 1.165) is 38.8 Å². The lowest BCUT2D eigenvalue weighted by Crippen LogP contribution is -2.54. The number of halogens is 1. The van der Waals surface area contributed by atoms with Crippen LogP contribution >= 0.6 is 11.6 Å². The van der Waals surface area contributed by atoms with Crippen LogP contribution in [0.25, 0.3) is 0 Å². The number of nitriles is 1. The molecule has 6 nitrogen and oxygen atoms in total. The van der Waals surface area contributed by atoms with Crippen molar-refractivity contribution in [2.24, 2.45) is 11.8 Å². The zero-order valence-corrected chi connectivity index (χ0v) is 16.3. The molecule has 144 valence electrons. The van der Waals surface area contributed by atoms with Crippen LogP contribution < -0.4 is 9.47 Å². The zero-order valence-electron chi connectivity index (χ0n) is 15.5. The van der Waals surface area contributed by atoms with E-state index in [1.807, 2.05) is 6.92 Å². The second-order valence-corrected chi connectivity index (χ2v) is 8.41. The second-order valence-electron chi connectivity index (χ2n) is 8.00. The lowest BCUT2D eigenvalue weighted by molar-refractivity contribution is -0.126. The summed E-state index contributed by atoms with van der Waals surface area (Å²) < 4.78 is 12.3. The molecule has 1 atom stereocenters. The third kappa shape index (κ3) is 3.03. The summed E-state index contributed by atoms with van der Waals surface area (Å²) >= 11 is 6.27. The number of rotatable bonds is 3. The highest BCUT2D eigenvalue weighted by molar-refractivity contribution is 6.32. The summed E-state index contributed by atoms with van der Waals surface area (Å²) in [7, 11) is 0. The average Bonchev–Trinajstić information content (AvgIpc) is 2.97. The highest BCUT2D eigenvalue weighted by atomic mass is 35.5. The van der Waals surface area contributed by atoms with E-state index in [2.05, 4.69) is 11.0 Å². The van der Waals surface area contributed by atoms with E-state index < -0.39 is 11.8 Å². The van der Waals surface area contributed by atoms with E-state index in [1.54, 1.807) is 6.92 Å². The SMILES string of the molecule is Cc1c(C(=O)O)cc(Cl)c2c1OC(C)([C@H]1CC[C@@H](N3CC(C#N)C3)CC1)O2. The molecule has 0 spiro atoms. The van der Waals surface area contributed by atoms with Gasteiger partial charge in [-0.2, -0.15) is 5.26 Å². The fourth-order valence-corrected chi connectivity index (χ4v) is 4.83. The number of carboxylic acids is 1. The van der Waals surface area contributed by atoms with E-state index in [1.165, 1.54) is 6.07 Å². The number of benzene rings is 1. The number of ether oxygens (including phenoxy) is 2. The average molecular weight is 391 g/mol. The minimum absolute atomic E-state index is 0.139. The number of likely N-dealkylation sites (tertiary alicyclic amines) is 1. The molecule has 2 heterocycles. The van der Waals surface area contributed by atoms with E-state index >= 15 is 0 Å². The van der Waals surface area contributed by atoms with Crippen LogP contribution in [0.4, 0.5) is 0 Å². The summed E-state index contributed by atoms with van der Waals surface area (Å²) in [4.78, 5) is 13.8. The van der Waals surface area contributed by atoms with Crippen LogP contribution in [0, 0.1) is 30.1 Å². The standard InChI is InChI=1S/C20H23ClN2O4/c1-11-15(19(24)25)7-16(21)18-17(11)26-20(2,27-18)13-3-5-14(6-4-13)23-9-12(8-22)10-23/h7,12-14H,3-6,9-10H2,1-2H3,(H,24,25)/t13-,14+,20?. The van der Waals surface area contributed by atoms with Crippen molar-refractivity contribution in [3.05, 3.63) is 22.2 Å². The molecule has 2 fully saturated rings. The number of fused-ring (bicyclic) bond motifs is 1. The topological polar surface area (TPSA) is 82.8 Å². The third-order valence-corrected chi connectivity index (χ3v) is 6.61. The Morgan fingerprint density at radius 2 is 1.93 bits per heavy atom. The van der Waals surface area contributed by atoms with Crippen molar-refractivity contribution in [3.63, 3.8) is 0 Å². The quantitative estimate of drug-likeness (QED) is 0.844. The Morgan fingerprint density at radius 3 is 2.52 bits per heavy atom. The number of carboxylic acid groups (broad SMARTS) is 1. The van der Waals surface area contributed by atoms with E-state index in [9.17, 15) is 9.90 Å². The van der Waals surface area contributed by atoms with Crippen molar-refractivity contribution in [1.82, 2.24) is 4.90 Å². The molecule has 0 radical (unpaired) electrons. The van der Waals surface area contributed by atoms with E-state index in [0.29, 0.717) is 23.1 Å². The van der Waals surface area contributed by atoms with Gasteiger partial charge in [0.05, 0.1) is 22.6 Å². The minimum Gasteiger partial charge on any atom is -0.478 e. The highest BCUT2D eigenvalue weighted by Gasteiger charge is 2.48. The summed E-state index contributed by atoms with van der Waals surface area (Å²) in [6, 6.07) is 4.29. The van der Waals surface area contributed by atoms with Crippen LogP contribution in [-0.2, 0) is 0 Å². The van der Waals surface area contributed by atoms with Crippen molar-refractivity contribution in [3.8, 4) is 17.6 Å². The number of carbonyl (C=O) groups is 1. The first-order valence-corrected chi connectivity index (χ1v) is 9.78. The Morgan fingerprint density at radius 1 is 1.30 bits per heavy atom. The molecule has 0 aromatic heterocycles. The Hall–Kier alpha value is -1.97. The molecule has 1 aliphatic carbocycles. The van der Waals surface area contributed by atoms with Crippen LogP contribution in [0.2, 0.25) is 5.02 Å². The van der Waals surface area contributed by atoms with Gasteiger partial charge in [-0.3, -0.25) is 4.90 Å². The minimum atomic E-state index is -1.03. The summed E-state index contributed by atoms with van der Waals surface area (Å²) in [6.45, 7) is 5.41. The third-order valence-electron chi connectivity index (χ3n) is 6.33. The van der Waals surface area contributed by atoms with Crippen LogP contribution in [0.3, 0.4) is 0 Å². The van der Waals surface area contributed by atoms with Crippen LogP contribution in [0.5, 0.6) is 11.5 Å². The van der Waals surface area contributed by atoms with Gasteiger partial charge in [0.2, 0.25) is 0 Å². The van der Waals surface area contributed by atoms with Gasteiger partial charge in [-0.15, -0.1) is 0 Å². The van der Waals surface area contributed by atoms with Gasteiger partial charge in [-0.05, 0) is 38.7 Å². The first-order chi connectivity index (χ1) is 12.8. The predicted octanol–water partition coefficient (Wildman–Crippen LogP) is 3.85. The highest BCUT2D eigenvalue weighted by Crippen LogP contribution is 2.51.